The third-order valence-electron chi connectivity index (χ3n) is 2.18. The normalized spacial score (nSPS) is 10.8. The molecule has 72 valence electrons. The molecule has 0 radical (unpaired) electrons. The van der Waals surface area contributed by atoms with Crippen LogP contribution in [0, 0.1) is 0 Å². The molecule has 0 amide bonds. The molecule has 0 saturated carbocycles. The molecule has 0 unspecified atom stereocenters. The van der Waals surface area contributed by atoms with Crippen molar-refractivity contribution < 1.29 is 4.42 Å². The Bertz CT molecular complexity index is 404. The fraction of sp³-hybridized carbons (Fsp3) is 0.250. The van der Waals surface area contributed by atoms with Crippen molar-refractivity contribution in [3.8, 4) is 11.3 Å². The second-order valence-corrected chi connectivity index (χ2v) is 3.61. The number of hydrogen-bond acceptors (Lipinski definition) is 2. The number of pyridine rings is 1. The maximum Gasteiger partial charge on any atom is 0.0996 e. The van der Waals surface area contributed by atoms with Gasteiger partial charge in [-0.25, -0.2) is 0 Å². The Morgan fingerprint density at radius 1 is 1.21 bits per heavy atom. The van der Waals surface area contributed by atoms with E-state index in [-0.39, 0.29) is 0 Å². The first-order valence-corrected chi connectivity index (χ1v) is 4.77. The molecule has 2 heterocycles. The van der Waals surface area contributed by atoms with Crippen LogP contribution in [-0.4, -0.2) is 4.98 Å². The molecule has 2 aromatic heterocycles. The standard InChI is InChI=1S/C12H13NO/c1-9(2)11-4-3-5-12(13-11)10-6-7-14-8-10/h3-9H,1-2H3. The second kappa shape index (κ2) is 3.66. The minimum atomic E-state index is 0.460. The predicted molar refractivity (Wildman–Crippen MR) is 56.0 cm³/mol. The van der Waals surface area contributed by atoms with Gasteiger partial charge < -0.3 is 4.42 Å². The number of hydrogen-bond donors (Lipinski definition) is 0. The van der Waals surface area contributed by atoms with Crippen molar-refractivity contribution in [2.75, 3.05) is 0 Å². The lowest BCUT2D eigenvalue weighted by Crippen LogP contribution is -1.93. The van der Waals surface area contributed by atoms with E-state index < -0.39 is 0 Å². The Labute approximate surface area is 83.6 Å². The van der Waals surface area contributed by atoms with E-state index >= 15 is 0 Å². The Morgan fingerprint density at radius 2 is 2.07 bits per heavy atom. The number of nitrogens with zero attached hydrogens (tertiary/aromatic N) is 1. The summed E-state index contributed by atoms with van der Waals surface area (Å²) in [5.41, 5.74) is 3.13. The van der Waals surface area contributed by atoms with Crippen molar-refractivity contribution in [3.63, 3.8) is 0 Å². The van der Waals surface area contributed by atoms with Crippen LogP contribution in [-0.2, 0) is 0 Å². The summed E-state index contributed by atoms with van der Waals surface area (Å²) in [5, 5.41) is 0. The molecular weight excluding hydrogens is 174 g/mol. The summed E-state index contributed by atoms with van der Waals surface area (Å²) in [6.45, 7) is 4.28. The molecule has 0 aliphatic rings. The van der Waals surface area contributed by atoms with Gasteiger partial charge in [0, 0.05) is 11.3 Å². The first-order chi connectivity index (χ1) is 6.77. The molecule has 0 aliphatic carbocycles. The van der Waals surface area contributed by atoms with Gasteiger partial charge in [-0.15, -0.1) is 0 Å². The smallest absolute Gasteiger partial charge is 0.0996 e. The van der Waals surface area contributed by atoms with Crippen molar-refractivity contribution >= 4 is 0 Å². The van der Waals surface area contributed by atoms with E-state index in [1.807, 2.05) is 24.3 Å². The first kappa shape index (κ1) is 9.00. The van der Waals surface area contributed by atoms with Gasteiger partial charge in [0.2, 0.25) is 0 Å². The molecule has 2 nitrogen and oxygen atoms in total. The van der Waals surface area contributed by atoms with E-state index in [0.717, 1.165) is 17.0 Å². The Balaban J connectivity index is 2.41. The van der Waals surface area contributed by atoms with Crippen molar-refractivity contribution in [1.29, 1.82) is 0 Å². The maximum absolute atomic E-state index is 5.03. The fourth-order valence-electron chi connectivity index (χ4n) is 1.34. The van der Waals surface area contributed by atoms with Gasteiger partial charge >= 0.3 is 0 Å². The summed E-state index contributed by atoms with van der Waals surface area (Å²) >= 11 is 0. The molecule has 0 atom stereocenters. The quantitative estimate of drug-likeness (QED) is 0.719. The highest BCUT2D eigenvalue weighted by Crippen LogP contribution is 2.20. The monoisotopic (exact) mass is 187 g/mol. The molecule has 0 bridgehead atoms. The average molecular weight is 187 g/mol. The Morgan fingerprint density at radius 3 is 2.71 bits per heavy atom. The molecule has 2 aromatic rings. The van der Waals surface area contributed by atoms with Crippen LogP contribution in [0.4, 0.5) is 0 Å². The minimum absolute atomic E-state index is 0.460. The summed E-state index contributed by atoms with van der Waals surface area (Å²) in [5.74, 6) is 0.460. The van der Waals surface area contributed by atoms with E-state index in [1.165, 1.54) is 0 Å². The summed E-state index contributed by atoms with van der Waals surface area (Å²) in [6.07, 6.45) is 3.38. The molecule has 0 aromatic carbocycles. The molecule has 0 fully saturated rings. The van der Waals surface area contributed by atoms with Gasteiger partial charge in [0.15, 0.2) is 0 Å². The Hall–Kier alpha value is -1.57. The zero-order valence-electron chi connectivity index (χ0n) is 8.40. The van der Waals surface area contributed by atoms with Crippen LogP contribution in [0.15, 0.2) is 41.2 Å². The molecular formula is C12H13NO. The van der Waals surface area contributed by atoms with Gasteiger partial charge in [-0.1, -0.05) is 19.9 Å². The van der Waals surface area contributed by atoms with Gasteiger partial charge in [-0.3, -0.25) is 4.98 Å². The molecule has 0 spiro atoms. The van der Waals surface area contributed by atoms with E-state index in [1.54, 1.807) is 12.5 Å². The third-order valence-corrected chi connectivity index (χ3v) is 2.18. The van der Waals surface area contributed by atoms with Crippen LogP contribution in [0.3, 0.4) is 0 Å². The fourth-order valence-corrected chi connectivity index (χ4v) is 1.34. The summed E-state index contributed by atoms with van der Waals surface area (Å²) < 4.78 is 5.03. The molecule has 14 heavy (non-hydrogen) atoms. The van der Waals surface area contributed by atoms with Gasteiger partial charge in [-0.2, -0.15) is 0 Å². The van der Waals surface area contributed by atoms with Crippen molar-refractivity contribution in [3.05, 3.63) is 42.5 Å². The highest BCUT2D eigenvalue weighted by molar-refractivity contribution is 5.57. The highest BCUT2D eigenvalue weighted by Gasteiger charge is 2.04. The van der Waals surface area contributed by atoms with Gasteiger partial charge in [0.25, 0.3) is 0 Å². The van der Waals surface area contributed by atoms with Crippen molar-refractivity contribution in [1.82, 2.24) is 4.98 Å². The lowest BCUT2D eigenvalue weighted by atomic mass is 10.1. The molecule has 0 N–H and O–H groups in total. The van der Waals surface area contributed by atoms with E-state index in [2.05, 4.69) is 18.8 Å². The first-order valence-electron chi connectivity index (χ1n) is 4.77. The van der Waals surface area contributed by atoms with Crippen LogP contribution < -0.4 is 0 Å². The van der Waals surface area contributed by atoms with Gasteiger partial charge in [-0.05, 0) is 24.1 Å². The maximum atomic E-state index is 5.03. The summed E-state index contributed by atoms with van der Waals surface area (Å²) in [6, 6.07) is 8.00. The molecule has 2 rings (SSSR count). The largest absolute Gasteiger partial charge is 0.472 e. The third kappa shape index (κ3) is 1.69. The minimum Gasteiger partial charge on any atom is -0.472 e. The zero-order valence-corrected chi connectivity index (χ0v) is 8.40. The molecule has 0 aliphatic heterocycles. The summed E-state index contributed by atoms with van der Waals surface area (Å²) in [7, 11) is 0. The van der Waals surface area contributed by atoms with Crippen LogP contribution in [0.1, 0.15) is 25.5 Å². The lowest BCUT2D eigenvalue weighted by molar-refractivity contribution is 0.568. The van der Waals surface area contributed by atoms with Gasteiger partial charge in [0.05, 0.1) is 18.2 Å². The van der Waals surface area contributed by atoms with Crippen LogP contribution in [0.25, 0.3) is 11.3 Å². The zero-order chi connectivity index (χ0) is 9.97. The Kier molecular flexibility index (Phi) is 2.35. The summed E-state index contributed by atoms with van der Waals surface area (Å²) in [4.78, 5) is 4.55. The second-order valence-electron chi connectivity index (χ2n) is 3.61. The highest BCUT2D eigenvalue weighted by atomic mass is 16.3. The van der Waals surface area contributed by atoms with Crippen LogP contribution >= 0.6 is 0 Å². The van der Waals surface area contributed by atoms with E-state index in [4.69, 9.17) is 4.42 Å². The molecule has 0 saturated heterocycles. The lowest BCUT2D eigenvalue weighted by Gasteiger charge is -2.05. The van der Waals surface area contributed by atoms with Crippen LogP contribution in [0.5, 0.6) is 0 Å². The van der Waals surface area contributed by atoms with Gasteiger partial charge in [0.1, 0.15) is 0 Å². The molecule has 2 heteroatoms. The SMILES string of the molecule is CC(C)c1cccc(-c2ccoc2)n1. The van der Waals surface area contributed by atoms with E-state index in [9.17, 15) is 0 Å². The number of furan rings is 1. The predicted octanol–water partition coefficient (Wildman–Crippen LogP) is 3.47. The number of rotatable bonds is 2. The average Bonchev–Trinajstić information content (AvgIpc) is 2.71. The van der Waals surface area contributed by atoms with Crippen LogP contribution in [0.2, 0.25) is 0 Å². The number of aromatic nitrogens is 1. The van der Waals surface area contributed by atoms with Crippen molar-refractivity contribution in [2.24, 2.45) is 0 Å². The van der Waals surface area contributed by atoms with Crippen molar-refractivity contribution in [2.45, 2.75) is 19.8 Å². The topological polar surface area (TPSA) is 26.0 Å². The van der Waals surface area contributed by atoms with E-state index in [0.29, 0.717) is 5.92 Å².